The lowest BCUT2D eigenvalue weighted by Gasteiger charge is -2.38. The van der Waals surface area contributed by atoms with E-state index in [-0.39, 0.29) is 76.3 Å². The third-order valence-electron chi connectivity index (χ3n) is 12.0. The number of urea groups is 1. The van der Waals surface area contributed by atoms with Crippen molar-refractivity contribution < 1.29 is 52.9 Å². The number of para-hydroxylation sites is 1. The molecule has 3 atom stereocenters. The molecule has 2 aliphatic rings. The highest BCUT2D eigenvalue weighted by Crippen LogP contribution is 2.29. The topological polar surface area (TPSA) is 284 Å². The highest BCUT2D eigenvalue weighted by molar-refractivity contribution is 6.00. The Morgan fingerprint density at radius 2 is 1.46 bits per heavy atom. The number of allylic oxidation sites excluding steroid dienone is 2. The Balaban J connectivity index is 1.40. The Labute approximate surface area is 421 Å². The lowest BCUT2D eigenvalue weighted by Crippen LogP contribution is -2.63. The number of aliphatic imine (C=N–C) groups is 1. The fourth-order valence-electron chi connectivity index (χ4n) is 7.98. The smallest absolute Gasteiger partial charge is 0.323 e. The summed E-state index contributed by atoms with van der Waals surface area (Å²) in [6.07, 6.45) is 11.0. The Bertz CT molecular complexity index is 2220. The molecule has 1 aliphatic heterocycles. The molecular weight excluding hydrogens is 927 g/mol. The molecule has 1 fully saturated rings. The zero-order valence-corrected chi connectivity index (χ0v) is 41.8. The van der Waals surface area contributed by atoms with Crippen molar-refractivity contribution >= 4 is 65.0 Å². The number of aliphatic carboxylic acids is 1. The monoisotopic (exact) mass is 1000 g/mol. The molecular formula is C52H73N9O11. The summed E-state index contributed by atoms with van der Waals surface area (Å²) in [6.45, 7) is 7.19. The van der Waals surface area contributed by atoms with Gasteiger partial charge in [-0.25, -0.2) is 4.79 Å². The van der Waals surface area contributed by atoms with Gasteiger partial charge in [0, 0.05) is 56.6 Å². The fourth-order valence-corrected chi connectivity index (χ4v) is 7.98. The van der Waals surface area contributed by atoms with Gasteiger partial charge >= 0.3 is 12.0 Å². The van der Waals surface area contributed by atoms with E-state index in [0.29, 0.717) is 75.2 Å². The third kappa shape index (κ3) is 22.0. The number of carboxylic acid groups (broad SMARTS) is 1. The maximum Gasteiger partial charge on any atom is 0.323 e. The first kappa shape index (κ1) is 57.6. The summed E-state index contributed by atoms with van der Waals surface area (Å²) < 4.78 is 11.0. The summed E-state index contributed by atoms with van der Waals surface area (Å²) in [5.74, 6) is -3.78. The number of hydrogen-bond donors (Lipinski definition) is 9. The molecule has 8 amide bonds. The van der Waals surface area contributed by atoms with Crippen LogP contribution in [0.15, 0.2) is 77.3 Å². The number of carbonyl (C=O) groups is 8. The minimum atomic E-state index is -1.29. The summed E-state index contributed by atoms with van der Waals surface area (Å²) in [6, 6.07) is 11.4. The maximum atomic E-state index is 14.2. The molecule has 20 heteroatoms. The van der Waals surface area contributed by atoms with Gasteiger partial charge in [0.15, 0.2) is 0 Å². The minimum absolute atomic E-state index is 0.0357. The predicted molar refractivity (Wildman–Crippen MR) is 273 cm³/mol. The quantitative estimate of drug-likeness (QED) is 0.0396. The number of dihydropyridines is 1. The molecule has 0 bridgehead atoms. The number of nitrogens with one attached hydrogen (secondary N) is 8. The second-order valence-electron chi connectivity index (χ2n) is 18.0. The Morgan fingerprint density at radius 1 is 0.778 bits per heavy atom. The van der Waals surface area contributed by atoms with Crippen molar-refractivity contribution in [2.24, 2.45) is 4.99 Å². The molecule has 9 N–H and O–H groups in total. The van der Waals surface area contributed by atoms with Gasteiger partial charge in [0.2, 0.25) is 35.4 Å². The van der Waals surface area contributed by atoms with Crippen LogP contribution in [0.4, 0.5) is 16.2 Å². The molecule has 0 aromatic heterocycles. The van der Waals surface area contributed by atoms with Gasteiger partial charge in [-0.3, -0.25) is 38.6 Å². The number of aryl methyl sites for hydroxylation is 1. The normalized spacial score (nSPS) is 15.8. The van der Waals surface area contributed by atoms with Crippen molar-refractivity contribution in [3.05, 3.63) is 83.5 Å². The van der Waals surface area contributed by atoms with Gasteiger partial charge in [-0.15, -0.1) is 0 Å². The van der Waals surface area contributed by atoms with Crippen molar-refractivity contribution in [3.8, 4) is 0 Å². The maximum absolute atomic E-state index is 14.2. The number of carboxylic acids is 1. The summed E-state index contributed by atoms with van der Waals surface area (Å²) in [7, 11) is 0. The van der Waals surface area contributed by atoms with Crippen LogP contribution in [-0.2, 0) is 49.5 Å². The SMILES string of the molecule is CC(=O)NCCOCCOCCNC(=O)C1(NC(=O)[C@H](CCCC(=O)O)NC(=O)[C@H](CCCCNC(=O)/C=C/C2=CCC(C)N=C2)NC(=O)Cc2ccc(NC(=O)Nc3ccccc3C)cc2)CCCCC1. The zero-order valence-electron chi connectivity index (χ0n) is 41.8. The summed E-state index contributed by atoms with van der Waals surface area (Å²) in [5, 5.41) is 31.9. The van der Waals surface area contributed by atoms with Gasteiger partial charge in [-0.1, -0.05) is 55.7 Å². The zero-order chi connectivity index (χ0) is 52.1. The summed E-state index contributed by atoms with van der Waals surface area (Å²) in [5.41, 5.74) is 2.19. The van der Waals surface area contributed by atoms with Crippen LogP contribution >= 0.6 is 0 Å². The van der Waals surface area contributed by atoms with E-state index >= 15 is 0 Å². The predicted octanol–water partition coefficient (Wildman–Crippen LogP) is 4.14. The summed E-state index contributed by atoms with van der Waals surface area (Å²) >= 11 is 0. The van der Waals surface area contributed by atoms with Gasteiger partial charge in [-0.2, -0.15) is 0 Å². The molecule has 0 radical (unpaired) electrons. The van der Waals surface area contributed by atoms with E-state index in [1.807, 2.05) is 38.1 Å². The van der Waals surface area contributed by atoms with Crippen molar-refractivity contribution in [3.63, 3.8) is 0 Å². The molecule has 4 rings (SSSR count). The lowest BCUT2D eigenvalue weighted by atomic mass is 9.80. The van der Waals surface area contributed by atoms with Crippen LogP contribution in [0.1, 0.15) is 102 Å². The number of amides is 8. The molecule has 392 valence electrons. The van der Waals surface area contributed by atoms with Crippen LogP contribution < -0.4 is 42.5 Å². The van der Waals surface area contributed by atoms with Crippen molar-refractivity contribution in [1.82, 2.24) is 31.9 Å². The molecule has 2 aromatic rings. The number of carbonyl (C=O) groups excluding carboxylic acids is 7. The fraction of sp³-hybridized carbons (Fsp3) is 0.519. The van der Waals surface area contributed by atoms with Crippen molar-refractivity contribution in [2.45, 2.75) is 128 Å². The third-order valence-corrected chi connectivity index (χ3v) is 12.0. The van der Waals surface area contributed by atoms with Crippen LogP contribution in [0, 0.1) is 6.92 Å². The largest absolute Gasteiger partial charge is 0.481 e. The Hall–Kier alpha value is -6.93. The second-order valence-corrected chi connectivity index (χ2v) is 18.0. The number of nitrogens with zero attached hydrogens (tertiary/aromatic N) is 1. The molecule has 20 nitrogen and oxygen atoms in total. The standard InChI is InChI=1S/C52H73N9O11/c1-36-12-5-6-13-42(36)60-51(70)57-41-22-19-39(20-23-41)34-46(64)58-43(14-7-10-27-54-45(63)24-21-40-18-17-37(2)56-35-40)48(67)59-44(15-11-16-47(65)66)49(68)61-52(25-8-4-9-26-52)50(69)55-29-31-72-33-32-71-30-28-53-38(3)62/h5-6,12-13,18-24,35,37,43-44H,4,7-11,14-17,25-34H2,1-3H3,(H,53,62)(H,54,63)(H,55,69)(H,58,64)(H,59,67)(H,61,68)(H,65,66)(H2,57,60,70)/b24-21+/t37?,43-,44-/m0/s1. The van der Waals surface area contributed by atoms with Gasteiger partial charge in [0.25, 0.3) is 0 Å². The summed E-state index contributed by atoms with van der Waals surface area (Å²) in [4.78, 5) is 108. The molecule has 1 aliphatic carbocycles. The molecule has 0 spiro atoms. The van der Waals surface area contributed by atoms with Crippen LogP contribution in [0.25, 0.3) is 0 Å². The van der Waals surface area contributed by atoms with E-state index in [0.717, 1.165) is 24.0 Å². The average molecular weight is 1000 g/mol. The molecule has 72 heavy (non-hydrogen) atoms. The van der Waals surface area contributed by atoms with Gasteiger partial charge in [0.1, 0.15) is 17.6 Å². The molecule has 1 saturated carbocycles. The number of ether oxygens (including phenoxy) is 2. The molecule has 2 aromatic carbocycles. The number of rotatable bonds is 30. The van der Waals surface area contributed by atoms with Crippen LogP contribution in [0.2, 0.25) is 0 Å². The van der Waals surface area contributed by atoms with E-state index in [4.69, 9.17) is 9.47 Å². The van der Waals surface area contributed by atoms with E-state index in [1.54, 1.807) is 42.6 Å². The van der Waals surface area contributed by atoms with Gasteiger partial charge in [0.05, 0.1) is 38.9 Å². The highest BCUT2D eigenvalue weighted by Gasteiger charge is 2.42. The Morgan fingerprint density at radius 3 is 2.12 bits per heavy atom. The molecule has 0 saturated heterocycles. The first-order chi connectivity index (χ1) is 34.6. The minimum Gasteiger partial charge on any atom is -0.481 e. The second kappa shape index (κ2) is 31.4. The number of anilines is 2. The van der Waals surface area contributed by atoms with Crippen molar-refractivity contribution in [2.75, 3.05) is 56.7 Å². The van der Waals surface area contributed by atoms with E-state index in [9.17, 15) is 43.5 Å². The number of hydrogen-bond acceptors (Lipinski definition) is 11. The number of benzene rings is 2. The molecule has 1 heterocycles. The van der Waals surface area contributed by atoms with Crippen molar-refractivity contribution in [1.29, 1.82) is 0 Å². The highest BCUT2D eigenvalue weighted by atomic mass is 16.5. The van der Waals surface area contributed by atoms with Gasteiger partial charge in [-0.05, 0) is 106 Å². The molecule has 1 unspecified atom stereocenters. The Kier molecular flexibility index (Phi) is 25.2. The van der Waals surface area contributed by atoms with Crippen LogP contribution in [0.3, 0.4) is 0 Å². The van der Waals surface area contributed by atoms with Crippen LogP contribution in [0.5, 0.6) is 0 Å². The number of unbranched alkanes of at least 4 members (excludes halogenated alkanes) is 1. The lowest BCUT2D eigenvalue weighted by molar-refractivity contribution is -0.138. The first-order valence-corrected chi connectivity index (χ1v) is 24.9. The van der Waals surface area contributed by atoms with Gasteiger partial charge < -0.3 is 57.1 Å². The van der Waals surface area contributed by atoms with E-state index < -0.39 is 53.3 Å². The van der Waals surface area contributed by atoms with E-state index in [1.165, 1.54) is 13.0 Å². The van der Waals surface area contributed by atoms with E-state index in [2.05, 4.69) is 47.5 Å². The first-order valence-electron chi connectivity index (χ1n) is 24.9. The van der Waals surface area contributed by atoms with Crippen LogP contribution in [-0.4, -0.2) is 128 Å². The average Bonchev–Trinajstić information content (AvgIpc) is 3.34.